The number of nitrogen functional groups attached to an aromatic ring is 1. The lowest BCUT2D eigenvalue weighted by atomic mass is 10.2. The lowest BCUT2D eigenvalue weighted by Crippen LogP contribution is -2.32. The van der Waals surface area contributed by atoms with Crippen molar-refractivity contribution in [3.8, 4) is 0 Å². The number of esters is 1. The molecular formula is C10H15N3O6S2. The molecule has 0 radical (unpaired) electrons. The number of carbonyl (C=O) groups excluding carboxylic acids is 1. The van der Waals surface area contributed by atoms with Gasteiger partial charge in [0.2, 0.25) is 20.0 Å². The van der Waals surface area contributed by atoms with E-state index in [1.54, 1.807) is 0 Å². The Bertz CT molecular complexity index is 742. The molecule has 0 fully saturated rings. The Morgan fingerprint density at radius 3 is 2.38 bits per heavy atom. The van der Waals surface area contributed by atoms with E-state index in [0.717, 1.165) is 12.1 Å². The van der Waals surface area contributed by atoms with E-state index in [1.807, 2.05) is 0 Å². The van der Waals surface area contributed by atoms with Crippen LogP contribution in [-0.2, 0) is 24.8 Å². The number of hydrogen-bond acceptors (Lipinski definition) is 7. The van der Waals surface area contributed by atoms with Crippen molar-refractivity contribution in [2.24, 2.45) is 5.14 Å². The molecule has 0 atom stereocenters. The maximum absolute atomic E-state index is 11.9. The maximum Gasteiger partial charge on any atom is 0.337 e. The predicted octanol–water partition coefficient (Wildman–Crippen LogP) is -1.38. The quantitative estimate of drug-likeness (QED) is 0.426. The Morgan fingerprint density at radius 1 is 1.29 bits per heavy atom. The van der Waals surface area contributed by atoms with E-state index in [4.69, 9.17) is 10.9 Å². The normalized spacial score (nSPS) is 12.1. The standard InChI is InChI=1S/C10H15N3O6S2/c1-19-10(14)7-2-3-9(8(11)6-7)21(17,18)13-4-5-20(12,15)16/h2-3,6,13H,4-5,11H2,1H3,(H2,12,15,16). The van der Waals surface area contributed by atoms with E-state index < -0.39 is 31.8 Å². The Balaban J connectivity index is 2.96. The van der Waals surface area contributed by atoms with E-state index in [-0.39, 0.29) is 22.7 Å². The first-order valence-corrected chi connectivity index (χ1v) is 8.74. The molecule has 0 aliphatic rings. The molecule has 0 aromatic heterocycles. The maximum atomic E-state index is 11.9. The minimum Gasteiger partial charge on any atom is -0.465 e. The average Bonchev–Trinajstić information content (AvgIpc) is 2.35. The minimum absolute atomic E-state index is 0.0958. The number of sulfonamides is 2. The molecule has 0 spiro atoms. The summed E-state index contributed by atoms with van der Waals surface area (Å²) in [4.78, 5) is 11.0. The summed E-state index contributed by atoms with van der Waals surface area (Å²) in [6.45, 7) is -0.390. The van der Waals surface area contributed by atoms with E-state index >= 15 is 0 Å². The van der Waals surface area contributed by atoms with Crippen LogP contribution in [0.4, 0.5) is 5.69 Å². The highest BCUT2D eigenvalue weighted by atomic mass is 32.2. The van der Waals surface area contributed by atoms with Crippen molar-refractivity contribution in [3.63, 3.8) is 0 Å². The van der Waals surface area contributed by atoms with Crippen molar-refractivity contribution in [2.75, 3.05) is 25.1 Å². The van der Waals surface area contributed by atoms with Gasteiger partial charge in [0.05, 0.1) is 24.1 Å². The fourth-order valence-electron chi connectivity index (χ4n) is 1.43. The summed E-state index contributed by atoms with van der Waals surface area (Å²) >= 11 is 0. The van der Waals surface area contributed by atoms with Gasteiger partial charge in [-0.25, -0.2) is 31.5 Å². The molecule has 1 aromatic rings. The van der Waals surface area contributed by atoms with Crippen LogP contribution < -0.4 is 15.6 Å². The van der Waals surface area contributed by atoms with Gasteiger partial charge in [0, 0.05) is 6.54 Å². The molecule has 21 heavy (non-hydrogen) atoms. The number of nitrogens with one attached hydrogen (secondary N) is 1. The van der Waals surface area contributed by atoms with Gasteiger partial charge in [0.25, 0.3) is 0 Å². The average molecular weight is 337 g/mol. The molecule has 1 aromatic carbocycles. The first-order chi connectivity index (χ1) is 9.57. The summed E-state index contributed by atoms with van der Waals surface area (Å²) in [7, 11) is -6.61. The number of benzene rings is 1. The summed E-state index contributed by atoms with van der Waals surface area (Å²) in [6.07, 6.45) is 0. The van der Waals surface area contributed by atoms with Crippen molar-refractivity contribution in [3.05, 3.63) is 23.8 Å². The second-order valence-corrected chi connectivity index (χ2v) is 7.48. The number of ether oxygens (including phenoxy) is 1. The molecule has 0 bridgehead atoms. The lowest BCUT2D eigenvalue weighted by Gasteiger charge is -2.09. The molecule has 11 heteroatoms. The van der Waals surface area contributed by atoms with E-state index in [0.29, 0.717) is 0 Å². The van der Waals surface area contributed by atoms with Crippen LogP contribution in [-0.4, -0.2) is 42.2 Å². The topological polar surface area (TPSA) is 159 Å². The number of nitrogens with two attached hydrogens (primary N) is 2. The number of rotatable bonds is 6. The summed E-state index contributed by atoms with van der Waals surface area (Å²) in [6, 6.07) is 3.51. The van der Waals surface area contributed by atoms with E-state index in [1.165, 1.54) is 13.2 Å². The zero-order valence-electron chi connectivity index (χ0n) is 11.1. The van der Waals surface area contributed by atoms with Gasteiger partial charge in [0.15, 0.2) is 0 Å². The molecule has 118 valence electrons. The third-order valence-electron chi connectivity index (χ3n) is 2.40. The van der Waals surface area contributed by atoms with Crippen molar-refractivity contribution in [2.45, 2.75) is 4.90 Å². The molecule has 1 rings (SSSR count). The molecule has 0 aliphatic carbocycles. The largest absolute Gasteiger partial charge is 0.465 e. The molecule has 9 nitrogen and oxygen atoms in total. The summed E-state index contributed by atoms with van der Waals surface area (Å²) in [5.74, 6) is -1.21. The number of primary sulfonamides is 1. The van der Waals surface area contributed by atoms with Gasteiger partial charge in [-0.05, 0) is 18.2 Å². The van der Waals surface area contributed by atoms with E-state index in [9.17, 15) is 21.6 Å². The monoisotopic (exact) mass is 337 g/mol. The van der Waals surface area contributed by atoms with Gasteiger partial charge in [0.1, 0.15) is 4.90 Å². The highest BCUT2D eigenvalue weighted by Gasteiger charge is 2.19. The zero-order chi connectivity index (χ0) is 16.3. The molecule has 0 saturated heterocycles. The van der Waals surface area contributed by atoms with Crippen LogP contribution >= 0.6 is 0 Å². The van der Waals surface area contributed by atoms with Gasteiger partial charge in [-0.3, -0.25) is 0 Å². The number of methoxy groups -OCH3 is 1. The number of anilines is 1. The minimum atomic E-state index is -4.01. The van der Waals surface area contributed by atoms with Crippen LogP contribution in [0.5, 0.6) is 0 Å². The van der Waals surface area contributed by atoms with Crippen LogP contribution in [0.25, 0.3) is 0 Å². The van der Waals surface area contributed by atoms with Gasteiger partial charge >= 0.3 is 5.97 Å². The molecular weight excluding hydrogens is 322 g/mol. The third kappa shape index (κ3) is 4.97. The molecule has 0 saturated carbocycles. The van der Waals surface area contributed by atoms with Gasteiger partial charge in [-0.15, -0.1) is 0 Å². The Hall–Kier alpha value is -1.69. The van der Waals surface area contributed by atoms with Crippen molar-refractivity contribution in [1.82, 2.24) is 4.72 Å². The fraction of sp³-hybridized carbons (Fsp3) is 0.300. The predicted molar refractivity (Wildman–Crippen MR) is 75.4 cm³/mol. The summed E-state index contributed by atoms with van der Waals surface area (Å²) in [5.41, 5.74) is 5.52. The molecule has 5 N–H and O–H groups in total. The van der Waals surface area contributed by atoms with Gasteiger partial charge in [-0.1, -0.05) is 0 Å². The van der Waals surface area contributed by atoms with Crippen LogP contribution in [0.1, 0.15) is 10.4 Å². The number of hydrogen-bond donors (Lipinski definition) is 3. The molecule has 0 heterocycles. The third-order valence-corrected chi connectivity index (χ3v) is 4.71. The van der Waals surface area contributed by atoms with Crippen LogP contribution in [0, 0.1) is 0 Å². The second kappa shape index (κ2) is 6.39. The van der Waals surface area contributed by atoms with Crippen LogP contribution in [0.3, 0.4) is 0 Å². The van der Waals surface area contributed by atoms with Gasteiger partial charge in [-0.2, -0.15) is 0 Å². The van der Waals surface area contributed by atoms with Crippen LogP contribution in [0.15, 0.2) is 23.1 Å². The Kier molecular flexibility index (Phi) is 5.28. The summed E-state index contributed by atoms with van der Waals surface area (Å²) < 4.78 is 51.9. The van der Waals surface area contributed by atoms with Crippen LogP contribution in [0.2, 0.25) is 0 Å². The van der Waals surface area contributed by atoms with Crippen molar-refractivity contribution in [1.29, 1.82) is 0 Å². The SMILES string of the molecule is COC(=O)c1ccc(S(=O)(=O)NCCS(N)(=O)=O)c(N)c1. The highest BCUT2D eigenvalue weighted by molar-refractivity contribution is 7.90. The smallest absolute Gasteiger partial charge is 0.337 e. The summed E-state index contributed by atoms with van der Waals surface area (Å²) in [5, 5.41) is 4.76. The van der Waals surface area contributed by atoms with Crippen molar-refractivity contribution < 1.29 is 26.4 Å². The Labute approximate surface area is 122 Å². The highest BCUT2D eigenvalue weighted by Crippen LogP contribution is 2.20. The molecule has 0 aliphatic heterocycles. The van der Waals surface area contributed by atoms with Gasteiger partial charge < -0.3 is 10.5 Å². The van der Waals surface area contributed by atoms with Crippen molar-refractivity contribution >= 4 is 31.7 Å². The lowest BCUT2D eigenvalue weighted by molar-refractivity contribution is 0.0600. The number of carbonyl (C=O) groups is 1. The first kappa shape index (κ1) is 17.4. The second-order valence-electron chi connectivity index (χ2n) is 4.01. The zero-order valence-corrected chi connectivity index (χ0v) is 12.7. The molecule has 0 amide bonds. The molecule has 0 unspecified atom stereocenters. The Morgan fingerprint density at radius 2 is 1.90 bits per heavy atom. The first-order valence-electron chi connectivity index (χ1n) is 5.55. The fourth-order valence-corrected chi connectivity index (χ4v) is 3.09. The van der Waals surface area contributed by atoms with E-state index in [2.05, 4.69) is 9.46 Å².